The van der Waals surface area contributed by atoms with E-state index >= 15 is 0 Å². The number of carbonyl (C=O) groups excluding carboxylic acids is 2. The molecule has 1 aromatic carbocycles. The molecule has 2 aromatic rings. The minimum atomic E-state index is 0.0218. The number of nitrogens with zero attached hydrogens (tertiary/aromatic N) is 5. The summed E-state index contributed by atoms with van der Waals surface area (Å²) in [7, 11) is 0. The Kier molecular flexibility index (Phi) is 5.91. The van der Waals surface area contributed by atoms with Crippen LogP contribution in [0.2, 0.25) is 0 Å². The molecule has 0 N–H and O–H groups in total. The van der Waals surface area contributed by atoms with Crippen LogP contribution in [0.15, 0.2) is 30.3 Å². The van der Waals surface area contributed by atoms with Crippen molar-refractivity contribution in [2.24, 2.45) is 0 Å². The van der Waals surface area contributed by atoms with Gasteiger partial charge in [0.15, 0.2) is 0 Å². The zero-order valence-corrected chi connectivity index (χ0v) is 18.8. The Morgan fingerprint density at radius 3 is 2.59 bits per heavy atom. The molecule has 3 aliphatic heterocycles. The fourth-order valence-electron chi connectivity index (χ4n) is 4.99. The molecule has 4 heterocycles. The molecule has 0 saturated carbocycles. The molecule has 2 fully saturated rings. The molecule has 32 heavy (non-hydrogen) atoms. The van der Waals surface area contributed by atoms with Crippen LogP contribution in [0.4, 0.5) is 5.82 Å². The minimum absolute atomic E-state index is 0.0218. The van der Waals surface area contributed by atoms with Crippen LogP contribution in [-0.4, -0.2) is 57.8 Å². The second-order valence-electron chi connectivity index (χ2n) is 9.15. The first-order chi connectivity index (χ1) is 15.6. The van der Waals surface area contributed by atoms with E-state index in [4.69, 9.17) is 9.97 Å². The number of carbonyl (C=O) groups is 2. The topological polar surface area (TPSA) is 69.6 Å². The third-order valence-corrected chi connectivity index (χ3v) is 7.00. The van der Waals surface area contributed by atoms with E-state index in [0.717, 1.165) is 73.8 Å². The molecule has 0 radical (unpaired) electrons. The Bertz CT molecular complexity index is 1000. The van der Waals surface area contributed by atoms with E-state index in [9.17, 15) is 9.59 Å². The molecule has 1 atom stereocenters. The second kappa shape index (κ2) is 8.98. The van der Waals surface area contributed by atoms with Gasteiger partial charge in [-0.3, -0.25) is 19.4 Å². The van der Waals surface area contributed by atoms with Gasteiger partial charge in [-0.2, -0.15) is 0 Å². The number of hydrogen-bond donors (Lipinski definition) is 0. The quantitative estimate of drug-likeness (QED) is 0.725. The van der Waals surface area contributed by atoms with E-state index in [1.807, 2.05) is 47.1 Å². The fourth-order valence-corrected chi connectivity index (χ4v) is 4.99. The predicted molar refractivity (Wildman–Crippen MR) is 122 cm³/mol. The summed E-state index contributed by atoms with van der Waals surface area (Å²) in [5.74, 6) is 1.83. The first-order valence-electron chi connectivity index (χ1n) is 11.8. The van der Waals surface area contributed by atoms with Crippen LogP contribution in [0.3, 0.4) is 0 Å². The van der Waals surface area contributed by atoms with Crippen molar-refractivity contribution in [3.8, 4) is 0 Å². The van der Waals surface area contributed by atoms with Gasteiger partial charge in [0.2, 0.25) is 11.8 Å². The van der Waals surface area contributed by atoms with Crippen LogP contribution in [0.5, 0.6) is 0 Å². The number of aryl methyl sites for hydroxylation is 1. The van der Waals surface area contributed by atoms with Crippen LogP contribution in [0.1, 0.15) is 60.8 Å². The van der Waals surface area contributed by atoms with E-state index in [2.05, 4.69) is 4.90 Å². The third-order valence-electron chi connectivity index (χ3n) is 7.00. The molecule has 2 amide bonds. The molecule has 7 nitrogen and oxygen atoms in total. The van der Waals surface area contributed by atoms with Gasteiger partial charge < -0.3 is 4.90 Å². The number of anilines is 1. The molecule has 0 spiro atoms. The number of piperidine rings is 1. The number of benzene rings is 1. The molecule has 2 saturated heterocycles. The molecule has 1 unspecified atom stereocenters. The van der Waals surface area contributed by atoms with Gasteiger partial charge in [0.05, 0.1) is 19.1 Å². The highest BCUT2D eigenvalue weighted by Crippen LogP contribution is 2.34. The summed E-state index contributed by atoms with van der Waals surface area (Å²) in [4.78, 5) is 41.4. The first-order valence-corrected chi connectivity index (χ1v) is 11.8. The lowest BCUT2D eigenvalue weighted by Crippen LogP contribution is -2.49. The van der Waals surface area contributed by atoms with Crippen molar-refractivity contribution in [1.29, 1.82) is 0 Å². The zero-order chi connectivity index (χ0) is 22.1. The highest BCUT2D eigenvalue weighted by molar-refractivity contribution is 5.95. The highest BCUT2D eigenvalue weighted by atomic mass is 16.2. The minimum Gasteiger partial charge on any atom is -0.341 e. The van der Waals surface area contributed by atoms with Crippen molar-refractivity contribution in [1.82, 2.24) is 19.8 Å². The van der Waals surface area contributed by atoms with Crippen LogP contribution >= 0.6 is 0 Å². The SMILES string of the molecule is Cc1nc(C2CCCCN2CC(=O)N2CCC2)nc2c1CCC(=O)N2Cc1ccccc1. The molecular weight excluding hydrogens is 402 g/mol. The maximum atomic E-state index is 12.9. The Balaban J connectivity index is 1.45. The number of amides is 2. The number of rotatable bonds is 5. The molecule has 7 heteroatoms. The summed E-state index contributed by atoms with van der Waals surface area (Å²) < 4.78 is 0. The number of aromatic nitrogens is 2. The van der Waals surface area contributed by atoms with Crippen molar-refractivity contribution in [3.05, 3.63) is 53.0 Å². The van der Waals surface area contributed by atoms with Gasteiger partial charge in [0, 0.05) is 30.8 Å². The van der Waals surface area contributed by atoms with Gasteiger partial charge in [-0.05, 0) is 44.7 Å². The Labute approximate surface area is 189 Å². The van der Waals surface area contributed by atoms with Crippen molar-refractivity contribution in [3.63, 3.8) is 0 Å². The molecular formula is C25H31N5O2. The van der Waals surface area contributed by atoms with Gasteiger partial charge in [-0.15, -0.1) is 0 Å². The number of likely N-dealkylation sites (tertiary alicyclic amines) is 2. The lowest BCUT2D eigenvalue weighted by Gasteiger charge is -2.38. The smallest absolute Gasteiger partial charge is 0.236 e. The van der Waals surface area contributed by atoms with Crippen LogP contribution in [-0.2, 0) is 22.6 Å². The van der Waals surface area contributed by atoms with Gasteiger partial charge >= 0.3 is 0 Å². The lowest BCUT2D eigenvalue weighted by atomic mass is 9.99. The Morgan fingerprint density at radius 2 is 1.84 bits per heavy atom. The number of hydrogen-bond acceptors (Lipinski definition) is 5. The largest absolute Gasteiger partial charge is 0.341 e. The maximum Gasteiger partial charge on any atom is 0.236 e. The second-order valence-corrected chi connectivity index (χ2v) is 9.15. The molecule has 0 bridgehead atoms. The average Bonchev–Trinajstić information content (AvgIpc) is 2.75. The predicted octanol–water partition coefficient (Wildman–Crippen LogP) is 3.02. The van der Waals surface area contributed by atoms with Crippen molar-refractivity contribution >= 4 is 17.6 Å². The summed E-state index contributed by atoms with van der Waals surface area (Å²) >= 11 is 0. The zero-order valence-electron chi connectivity index (χ0n) is 18.8. The maximum absolute atomic E-state index is 12.9. The molecule has 168 valence electrons. The standard InChI is InChI=1S/C25H31N5O2/c1-18-20-11-12-22(31)30(16-19-8-3-2-4-9-19)25(20)27-24(26-18)21-10-5-6-13-29(21)17-23(32)28-14-7-15-28/h2-4,8-9,21H,5-7,10-17H2,1H3. The molecule has 5 rings (SSSR count). The van der Waals surface area contributed by atoms with E-state index in [1.165, 1.54) is 0 Å². The van der Waals surface area contributed by atoms with Crippen LogP contribution in [0.25, 0.3) is 0 Å². The van der Waals surface area contributed by atoms with E-state index < -0.39 is 0 Å². The fraction of sp³-hybridized carbons (Fsp3) is 0.520. The highest BCUT2D eigenvalue weighted by Gasteiger charge is 2.33. The van der Waals surface area contributed by atoms with E-state index in [1.54, 1.807) is 0 Å². The lowest BCUT2D eigenvalue weighted by molar-refractivity contribution is -0.136. The molecule has 3 aliphatic rings. The summed E-state index contributed by atoms with van der Waals surface area (Å²) in [6, 6.07) is 10.1. The normalized spacial score (nSPS) is 21.3. The number of fused-ring (bicyclic) bond motifs is 1. The molecule has 0 aliphatic carbocycles. The van der Waals surface area contributed by atoms with Gasteiger partial charge in [0.25, 0.3) is 0 Å². The third kappa shape index (κ3) is 4.13. The van der Waals surface area contributed by atoms with E-state index in [-0.39, 0.29) is 17.9 Å². The van der Waals surface area contributed by atoms with Crippen molar-refractivity contribution in [2.75, 3.05) is 31.1 Å². The summed E-state index contributed by atoms with van der Waals surface area (Å²) in [6.45, 7) is 5.61. The van der Waals surface area contributed by atoms with Crippen LogP contribution in [0, 0.1) is 6.92 Å². The van der Waals surface area contributed by atoms with Gasteiger partial charge in [0.1, 0.15) is 11.6 Å². The van der Waals surface area contributed by atoms with Crippen molar-refractivity contribution in [2.45, 2.75) is 58.0 Å². The van der Waals surface area contributed by atoms with Gasteiger partial charge in [-0.1, -0.05) is 36.8 Å². The average molecular weight is 434 g/mol. The summed E-state index contributed by atoms with van der Waals surface area (Å²) in [5.41, 5.74) is 3.12. The summed E-state index contributed by atoms with van der Waals surface area (Å²) in [6.07, 6.45) is 5.42. The Morgan fingerprint density at radius 1 is 1.03 bits per heavy atom. The van der Waals surface area contributed by atoms with Crippen molar-refractivity contribution < 1.29 is 9.59 Å². The van der Waals surface area contributed by atoms with Gasteiger partial charge in [-0.25, -0.2) is 9.97 Å². The Hall–Kier alpha value is -2.80. The van der Waals surface area contributed by atoms with E-state index in [0.29, 0.717) is 25.9 Å². The molecule has 1 aromatic heterocycles. The first kappa shape index (κ1) is 21.1. The monoisotopic (exact) mass is 433 g/mol. The van der Waals surface area contributed by atoms with Crippen LogP contribution < -0.4 is 4.90 Å². The summed E-state index contributed by atoms with van der Waals surface area (Å²) in [5, 5.41) is 0.